The number of nitrogens with one attached hydrogen (secondary N) is 1. The van der Waals surface area contributed by atoms with Crippen molar-refractivity contribution in [3.63, 3.8) is 0 Å². The van der Waals surface area contributed by atoms with Gasteiger partial charge in [-0.05, 0) is 37.8 Å². The molecule has 0 aliphatic heterocycles. The first kappa shape index (κ1) is 22.3. The van der Waals surface area contributed by atoms with Crippen molar-refractivity contribution in [2.75, 3.05) is 5.32 Å². The molecule has 2 heterocycles. The number of amides is 1. The van der Waals surface area contributed by atoms with E-state index in [1.54, 1.807) is 26.0 Å². The van der Waals surface area contributed by atoms with E-state index in [9.17, 15) is 14.7 Å². The fourth-order valence-corrected chi connectivity index (χ4v) is 3.38. The summed E-state index contributed by atoms with van der Waals surface area (Å²) in [5.74, 6) is -0.0915. The summed E-state index contributed by atoms with van der Waals surface area (Å²) in [6, 6.07) is 12.6. The average molecular weight is 451 g/mol. The summed E-state index contributed by atoms with van der Waals surface area (Å²) in [7, 11) is 0. The zero-order chi connectivity index (χ0) is 23.4. The lowest BCUT2D eigenvalue weighted by molar-refractivity contribution is -0.145. The highest BCUT2D eigenvalue weighted by molar-refractivity contribution is 5.90. The number of aliphatic carboxylic acids is 1. The number of carboxylic acid groups (broad SMARTS) is 1. The Balaban J connectivity index is 1.43. The Morgan fingerprint density at radius 3 is 2.61 bits per heavy atom. The topological polar surface area (TPSA) is 124 Å². The predicted octanol–water partition coefficient (Wildman–Crippen LogP) is 4.99. The van der Waals surface area contributed by atoms with Crippen LogP contribution in [0, 0.1) is 12.8 Å². The summed E-state index contributed by atoms with van der Waals surface area (Å²) in [6.07, 6.45) is 2.01. The van der Waals surface area contributed by atoms with Gasteiger partial charge in [-0.3, -0.25) is 5.32 Å². The van der Waals surface area contributed by atoms with E-state index in [0.29, 0.717) is 35.0 Å². The van der Waals surface area contributed by atoms with Gasteiger partial charge >= 0.3 is 12.1 Å². The summed E-state index contributed by atoms with van der Waals surface area (Å²) in [4.78, 5) is 28.1. The van der Waals surface area contributed by atoms with Crippen LogP contribution < -0.4 is 10.1 Å². The molecule has 1 amide bonds. The van der Waals surface area contributed by atoms with Crippen LogP contribution in [-0.4, -0.2) is 33.4 Å². The van der Waals surface area contributed by atoms with Crippen LogP contribution in [0.3, 0.4) is 0 Å². The number of rotatable bonds is 9. The number of nitrogens with zero attached hydrogens (tertiary/aromatic N) is 2. The molecule has 1 aliphatic carbocycles. The number of aryl methyl sites for hydroxylation is 1. The second-order valence-electron chi connectivity index (χ2n) is 8.06. The van der Waals surface area contributed by atoms with Gasteiger partial charge in [0.05, 0.1) is 0 Å². The number of carbonyl (C=O) groups excluding carboxylic acids is 1. The lowest BCUT2D eigenvalue weighted by Gasteiger charge is -2.15. The lowest BCUT2D eigenvalue weighted by Crippen LogP contribution is -2.27. The van der Waals surface area contributed by atoms with Crippen molar-refractivity contribution in [1.82, 2.24) is 10.1 Å². The quantitative estimate of drug-likeness (QED) is 0.466. The van der Waals surface area contributed by atoms with Crippen LogP contribution in [0.4, 0.5) is 10.5 Å². The summed E-state index contributed by atoms with van der Waals surface area (Å²) >= 11 is 0. The highest BCUT2D eigenvalue weighted by Crippen LogP contribution is 2.35. The third-order valence-corrected chi connectivity index (χ3v) is 5.42. The first-order chi connectivity index (χ1) is 15.9. The Morgan fingerprint density at radius 2 is 1.97 bits per heavy atom. The summed E-state index contributed by atoms with van der Waals surface area (Å²) in [5.41, 5.74) is 2.26. The molecule has 1 saturated carbocycles. The van der Waals surface area contributed by atoms with Crippen LogP contribution in [0.5, 0.6) is 5.88 Å². The lowest BCUT2D eigenvalue weighted by atomic mass is 10.1. The van der Waals surface area contributed by atoms with Crippen LogP contribution >= 0.6 is 0 Å². The van der Waals surface area contributed by atoms with Crippen LogP contribution in [0.25, 0.3) is 11.3 Å². The maximum Gasteiger partial charge on any atom is 0.412 e. The highest BCUT2D eigenvalue weighted by atomic mass is 16.6. The van der Waals surface area contributed by atoms with Crippen LogP contribution in [0.1, 0.15) is 43.5 Å². The monoisotopic (exact) mass is 451 g/mol. The molecule has 172 valence electrons. The minimum atomic E-state index is -1.01. The molecular formula is C24H25N3O6. The number of pyridine rings is 1. The molecule has 33 heavy (non-hydrogen) atoms. The Bertz CT molecular complexity index is 1110. The molecule has 2 unspecified atom stereocenters. The van der Waals surface area contributed by atoms with E-state index < -0.39 is 24.3 Å². The second-order valence-corrected chi connectivity index (χ2v) is 8.06. The van der Waals surface area contributed by atoms with Crippen LogP contribution in [-0.2, 0) is 9.53 Å². The van der Waals surface area contributed by atoms with Crippen molar-refractivity contribution in [1.29, 1.82) is 0 Å². The van der Waals surface area contributed by atoms with Gasteiger partial charge in [-0.25, -0.2) is 14.6 Å². The summed E-state index contributed by atoms with van der Waals surface area (Å²) in [5, 5.41) is 16.0. The smallest absolute Gasteiger partial charge is 0.412 e. The standard InChI is InChI=1S/C24H25N3O6/c1-14-21(26-24(30)31-15(2)17-6-4-3-5-7-17)22(33-27-14)18-10-11-20(25-13-18)32-19(23(28)29)12-16-8-9-16/h3-7,10-11,13,15-16,19H,8-9,12H2,1-2H3,(H,26,30)(H,28,29). The van der Waals surface area contributed by atoms with E-state index in [0.717, 1.165) is 18.4 Å². The van der Waals surface area contributed by atoms with E-state index in [1.807, 2.05) is 30.3 Å². The van der Waals surface area contributed by atoms with Gasteiger partial charge in [0.25, 0.3) is 0 Å². The SMILES string of the molecule is Cc1noc(-c2ccc(OC(CC3CC3)C(=O)O)nc2)c1NC(=O)OC(C)c1ccccc1. The maximum absolute atomic E-state index is 12.5. The van der Waals surface area contributed by atoms with Gasteiger partial charge in [0.15, 0.2) is 11.9 Å². The predicted molar refractivity (Wildman–Crippen MR) is 119 cm³/mol. The number of carbonyl (C=O) groups is 2. The number of carboxylic acids is 1. The fourth-order valence-electron chi connectivity index (χ4n) is 3.38. The number of hydrogen-bond acceptors (Lipinski definition) is 7. The Kier molecular flexibility index (Phi) is 6.58. The molecule has 9 nitrogen and oxygen atoms in total. The molecule has 2 aromatic heterocycles. The van der Waals surface area contributed by atoms with E-state index in [4.69, 9.17) is 14.0 Å². The van der Waals surface area contributed by atoms with Gasteiger partial charge in [0.1, 0.15) is 17.5 Å². The zero-order valence-corrected chi connectivity index (χ0v) is 18.4. The summed E-state index contributed by atoms with van der Waals surface area (Å²) < 4.78 is 16.4. The van der Waals surface area contributed by atoms with Gasteiger partial charge in [-0.1, -0.05) is 48.3 Å². The van der Waals surface area contributed by atoms with E-state index in [-0.39, 0.29) is 5.88 Å². The Labute approximate surface area is 190 Å². The average Bonchev–Trinajstić information content (AvgIpc) is 3.56. The van der Waals surface area contributed by atoms with Gasteiger partial charge in [-0.2, -0.15) is 0 Å². The maximum atomic E-state index is 12.5. The minimum Gasteiger partial charge on any atom is -0.479 e. The highest BCUT2D eigenvalue weighted by Gasteiger charge is 2.31. The van der Waals surface area contributed by atoms with Crippen molar-refractivity contribution in [3.05, 3.63) is 59.9 Å². The molecule has 0 radical (unpaired) electrons. The second kappa shape index (κ2) is 9.72. The molecule has 3 aromatic rings. The molecule has 1 fully saturated rings. The van der Waals surface area contributed by atoms with E-state index in [1.165, 1.54) is 6.20 Å². The van der Waals surface area contributed by atoms with Crippen molar-refractivity contribution in [2.45, 2.75) is 45.3 Å². The number of hydrogen-bond donors (Lipinski definition) is 2. The largest absolute Gasteiger partial charge is 0.479 e. The molecule has 1 aromatic carbocycles. The normalized spacial score (nSPS) is 14.8. The van der Waals surface area contributed by atoms with Gasteiger partial charge in [-0.15, -0.1) is 0 Å². The van der Waals surface area contributed by atoms with Crippen molar-refractivity contribution in [2.24, 2.45) is 5.92 Å². The zero-order valence-electron chi connectivity index (χ0n) is 18.4. The fraction of sp³-hybridized carbons (Fsp3) is 0.333. The number of anilines is 1. The Hall–Kier alpha value is -3.88. The molecule has 9 heteroatoms. The minimum absolute atomic E-state index is 0.202. The van der Waals surface area contributed by atoms with Crippen LogP contribution in [0.2, 0.25) is 0 Å². The van der Waals surface area contributed by atoms with E-state index >= 15 is 0 Å². The molecule has 0 saturated heterocycles. The van der Waals surface area contributed by atoms with Crippen LogP contribution in [0.15, 0.2) is 53.2 Å². The third kappa shape index (κ3) is 5.68. The van der Waals surface area contributed by atoms with Crippen molar-refractivity contribution in [3.8, 4) is 17.2 Å². The summed E-state index contributed by atoms with van der Waals surface area (Å²) in [6.45, 7) is 3.48. The molecule has 1 aliphatic rings. The number of benzene rings is 1. The van der Waals surface area contributed by atoms with E-state index in [2.05, 4.69) is 15.5 Å². The number of ether oxygens (including phenoxy) is 2. The van der Waals surface area contributed by atoms with Crippen molar-refractivity contribution < 1.29 is 28.7 Å². The molecule has 0 bridgehead atoms. The first-order valence-electron chi connectivity index (χ1n) is 10.8. The third-order valence-electron chi connectivity index (χ3n) is 5.42. The van der Waals surface area contributed by atoms with Crippen molar-refractivity contribution >= 4 is 17.7 Å². The molecule has 0 spiro atoms. The molecular weight excluding hydrogens is 426 g/mol. The molecule has 2 atom stereocenters. The van der Waals surface area contributed by atoms with Gasteiger partial charge in [0, 0.05) is 17.8 Å². The molecule has 4 rings (SSSR count). The van der Waals surface area contributed by atoms with Gasteiger partial charge in [0.2, 0.25) is 5.88 Å². The number of aromatic nitrogens is 2. The first-order valence-corrected chi connectivity index (χ1v) is 10.8. The Morgan fingerprint density at radius 1 is 1.21 bits per heavy atom. The van der Waals surface area contributed by atoms with Gasteiger partial charge < -0.3 is 19.1 Å². The molecule has 2 N–H and O–H groups in total.